The quantitative estimate of drug-likeness (QED) is 0.629. The molecule has 0 fully saturated rings. The average molecular weight is 379 g/mol. The number of nitrogens with zero attached hydrogens (tertiary/aromatic N) is 2. The van der Waals surface area contributed by atoms with Crippen LogP contribution < -0.4 is 16.0 Å². The summed E-state index contributed by atoms with van der Waals surface area (Å²) in [4.78, 5) is 23.8. The second-order valence-corrected chi connectivity index (χ2v) is 6.07. The lowest BCUT2D eigenvalue weighted by molar-refractivity contribution is 0.187. The van der Waals surface area contributed by atoms with Crippen molar-refractivity contribution >= 4 is 29.2 Å². The van der Waals surface area contributed by atoms with Crippen molar-refractivity contribution in [1.29, 1.82) is 0 Å². The molecule has 3 N–H and O–H groups in total. The number of urea groups is 1. The number of amides is 3. The van der Waals surface area contributed by atoms with E-state index in [9.17, 15) is 9.59 Å². The fourth-order valence-electron chi connectivity index (χ4n) is 2.76. The molecule has 0 aliphatic carbocycles. The summed E-state index contributed by atoms with van der Waals surface area (Å²) in [6.07, 6.45) is -0.582. The summed E-state index contributed by atoms with van der Waals surface area (Å²) in [7, 11) is 1.28. The van der Waals surface area contributed by atoms with Gasteiger partial charge in [0, 0.05) is 11.4 Å². The third-order valence-corrected chi connectivity index (χ3v) is 4.08. The predicted octanol–water partition coefficient (Wildman–Crippen LogP) is 4.31. The molecule has 8 heteroatoms. The molecule has 0 saturated carbocycles. The van der Waals surface area contributed by atoms with E-state index in [0.717, 1.165) is 11.4 Å². The van der Waals surface area contributed by atoms with Crippen LogP contribution in [0.4, 0.5) is 26.7 Å². The zero-order valence-corrected chi connectivity index (χ0v) is 15.8. The third kappa shape index (κ3) is 4.29. The summed E-state index contributed by atoms with van der Waals surface area (Å²) in [5.41, 5.74) is 4.12. The van der Waals surface area contributed by atoms with E-state index >= 15 is 0 Å². The van der Waals surface area contributed by atoms with E-state index in [1.165, 1.54) is 7.11 Å². The van der Waals surface area contributed by atoms with Gasteiger partial charge in [0.15, 0.2) is 0 Å². The van der Waals surface area contributed by atoms with Crippen molar-refractivity contribution in [2.75, 3.05) is 23.1 Å². The van der Waals surface area contributed by atoms with Crippen molar-refractivity contribution in [3.8, 4) is 5.69 Å². The van der Waals surface area contributed by atoms with Crippen molar-refractivity contribution in [3.05, 3.63) is 66.0 Å². The summed E-state index contributed by atoms with van der Waals surface area (Å²) in [6.45, 7) is 3.73. The van der Waals surface area contributed by atoms with Crippen LogP contribution in [-0.4, -0.2) is 29.0 Å². The first-order valence-electron chi connectivity index (χ1n) is 8.62. The number of aryl methyl sites for hydroxylation is 1. The number of carbonyl (C=O) groups is 2. The first kappa shape index (κ1) is 19.0. The van der Waals surface area contributed by atoms with Crippen LogP contribution in [0.15, 0.2) is 54.6 Å². The number of benzene rings is 2. The number of hydrogen-bond donors (Lipinski definition) is 3. The minimum Gasteiger partial charge on any atom is -0.453 e. The maximum atomic E-state index is 12.5. The van der Waals surface area contributed by atoms with Crippen molar-refractivity contribution in [1.82, 2.24) is 9.78 Å². The Morgan fingerprint density at radius 2 is 1.61 bits per heavy atom. The Labute approximate surface area is 162 Å². The summed E-state index contributed by atoms with van der Waals surface area (Å²) < 4.78 is 6.34. The standard InChI is InChI=1S/C20H21N5O3/c1-13-18(14(2)25(24-13)17-10-5-4-6-11-17)23-19(26)21-15-8-7-9-16(12-15)22-20(27)28-3/h4-12H,1-3H3,(H,22,27)(H2,21,23,26). The van der Waals surface area contributed by atoms with Crippen LogP contribution in [0, 0.1) is 13.8 Å². The van der Waals surface area contributed by atoms with Crippen LogP contribution in [0.5, 0.6) is 0 Å². The summed E-state index contributed by atoms with van der Waals surface area (Å²) >= 11 is 0. The van der Waals surface area contributed by atoms with E-state index in [4.69, 9.17) is 0 Å². The number of methoxy groups -OCH3 is 1. The van der Waals surface area contributed by atoms with Gasteiger partial charge < -0.3 is 15.4 Å². The Morgan fingerprint density at radius 3 is 2.29 bits per heavy atom. The van der Waals surface area contributed by atoms with E-state index < -0.39 is 12.1 Å². The highest BCUT2D eigenvalue weighted by Gasteiger charge is 2.15. The number of rotatable bonds is 4. The Bertz CT molecular complexity index is 998. The molecule has 0 radical (unpaired) electrons. The average Bonchev–Trinajstić information content (AvgIpc) is 2.97. The summed E-state index contributed by atoms with van der Waals surface area (Å²) in [5, 5.41) is 12.6. The normalized spacial score (nSPS) is 10.2. The molecule has 3 aromatic rings. The number of nitrogens with one attached hydrogen (secondary N) is 3. The first-order chi connectivity index (χ1) is 13.5. The second kappa shape index (κ2) is 8.26. The number of carbonyl (C=O) groups excluding carboxylic acids is 2. The molecule has 3 amide bonds. The monoisotopic (exact) mass is 379 g/mol. The topological polar surface area (TPSA) is 97.3 Å². The van der Waals surface area contributed by atoms with Crippen molar-refractivity contribution < 1.29 is 14.3 Å². The van der Waals surface area contributed by atoms with E-state index in [1.807, 2.05) is 44.2 Å². The molecular formula is C20H21N5O3. The lowest BCUT2D eigenvalue weighted by Gasteiger charge is -2.10. The van der Waals surface area contributed by atoms with Crippen LogP contribution in [-0.2, 0) is 4.74 Å². The van der Waals surface area contributed by atoms with Crippen LogP contribution >= 0.6 is 0 Å². The summed E-state index contributed by atoms with van der Waals surface area (Å²) in [6, 6.07) is 16.0. The van der Waals surface area contributed by atoms with Crippen LogP contribution in [0.2, 0.25) is 0 Å². The lowest BCUT2D eigenvalue weighted by atomic mass is 10.2. The lowest BCUT2D eigenvalue weighted by Crippen LogP contribution is -2.20. The molecule has 1 heterocycles. The van der Waals surface area contributed by atoms with Gasteiger partial charge in [0.1, 0.15) is 0 Å². The third-order valence-electron chi connectivity index (χ3n) is 4.08. The largest absolute Gasteiger partial charge is 0.453 e. The molecule has 144 valence electrons. The van der Waals surface area contributed by atoms with E-state index in [0.29, 0.717) is 22.8 Å². The Kier molecular flexibility index (Phi) is 5.59. The van der Waals surface area contributed by atoms with E-state index in [1.54, 1.807) is 28.9 Å². The van der Waals surface area contributed by atoms with Crippen molar-refractivity contribution in [2.45, 2.75) is 13.8 Å². The van der Waals surface area contributed by atoms with Gasteiger partial charge in [0.2, 0.25) is 0 Å². The zero-order valence-electron chi connectivity index (χ0n) is 15.8. The van der Waals surface area contributed by atoms with Gasteiger partial charge in [-0.3, -0.25) is 5.32 Å². The van der Waals surface area contributed by atoms with Gasteiger partial charge in [-0.2, -0.15) is 5.10 Å². The Hall–Kier alpha value is -3.81. The highest BCUT2D eigenvalue weighted by atomic mass is 16.5. The molecule has 0 bridgehead atoms. The van der Waals surface area contributed by atoms with Crippen LogP contribution in [0.1, 0.15) is 11.4 Å². The number of para-hydroxylation sites is 1. The smallest absolute Gasteiger partial charge is 0.411 e. The maximum absolute atomic E-state index is 12.5. The maximum Gasteiger partial charge on any atom is 0.411 e. The number of ether oxygens (including phenoxy) is 1. The fourth-order valence-corrected chi connectivity index (χ4v) is 2.76. The zero-order chi connectivity index (χ0) is 20.1. The molecule has 28 heavy (non-hydrogen) atoms. The Morgan fingerprint density at radius 1 is 0.929 bits per heavy atom. The Balaban J connectivity index is 1.73. The van der Waals surface area contributed by atoms with Crippen LogP contribution in [0.3, 0.4) is 0 Å². The van der Waals surface area contributed by atoms with Crippen LogP contribution in [0.25, 0.3) is 5.69 Å². The molecule has 0 atom stereocenters. The fraction of sp³-hybridized carbons (Fsp3) is 0.150. The van der Waals surface area contributed by atoms with Gasteiger partial charge >= 0.3 is 12.1 Å². The van der Waals surface area contributed by atoms with Gasteiger partial charge in [-0.15, -0.1) is 0 Å². The molecule has 0 aliphatic heterocycles. The number of anilines is 3. The SMILES string of the molecule is COC(=O)Nc1cccc(NC(=O)Nc2c(C)nn(-c3ccccc3)c2C)c1. The molecule has 0 spiro atoms. The van der Waals surface area contributed by atoms with Gasteiger partial charge in [-0.1, -0.05) is 24.3 Å². The minimum absolute atomic E-state index is 0.408. The van der Waals surface area contributed by atoms with Gasteiger partial charge in [0.05, 0.1) is 29.9 Å². The van der Waals surface area contributed by atoms with Gasteiger partial charge in [-0.05, 0) is 44.2 Å². The highest BCUT2D eigenvalue weighted by molar-refractivity contribution is 6.01. The van der Waals surface area contributed by atoms with Gasteiger partial charge in [0.25, 0.3) is 0 Å². The number of aromatic nitrogens is 2. The highest BCUT2D eigenvalue weighted by Crippen LogP contribution is 2.23. The van der Waals surface area contributed by atoms with Gasteiger partial charge in [-0.25, -0.2) is 14.3 Å². The van der Waals surface area contributed by atoms with E-state index in [-0.39, 0.29) is 0 Å². The van der Waals surface area contributed by atoms with Crippen molar-refractivity contribution in [2.24, 2.45) is 0 Å². The predicted molar refractivity (Wildman–Crippen MR) is 108 cm³/mol. The molecule has 3 rings (SSSR count). The molecule has 0 aliphatic rings. The molecule has 0 unspecified atom stereocenters. The van der Waals surface area contributed by atoms with Crippen molar-refractivity contribution in [3.63, 3.8) is 0 Å². The second-order valence-electron chi connectivity index (χ2n) is 6.07. The van der Waals surface area contributed by atoms with E-state index in [2.05, 4.69) is 25.8 Å². The summed E-state index contributed by atoms with van der Waals surface area (Å²) in [5.74, 6) is 0. The first-order valence-corrected chi connectivity index (χ1v) is 8.62. The molecule has 2 aromatic carbocycles. The number of hydrogen-bond acceptors (Lipinski definition) is 4. The molecule has 0 saturated heterocycles. The molecule has 1 aromatic heterocycles. The molecular weight excluding hydrogens is 358 g/mol. The minimum atomic E-state index is -0.582. The molecule has 8 nitrogen and oxygen atoms in total.